The number of hydrogen-bond donors (Lipinski definition) is 2. The molecule has 76 valence electrons. The summed E-state index contributed by atoms with van der Waals surface area (Å²) in [6.07, 6.45) is 1.83. The van der Waals surface area contributed by atoms with Crippen LogP contribution >= 0.6 is 11.6 Å². The lowest BCUT2D eigenvalue weighted by Gasteiger charge is -2.05. The number of halogens is 1. The molecule has 1 atom stereocenters. The third-order valence-corrected chi connectivity index (χ3v) is 2.16. The molecule has 0 bridgehead atoms. The van der Waals surface area contributed by atoms with Gasteiger partial charge in [0.05, 0.1) is 5.92 Å². The van der Waals surface area contributed by atoms with E-state index in [1.807, 2.05) is 0 Å². The van der Waals surface area contributed by atoms with Crippen molar-refractivity contribution in [2.24, 2.45) is 5.92 Å². The van der Waals surface area contributed by atoms with Crippen molar-refractivity contribution < 1.29 is 9.90 Å². The van der Waals surface area contributed by atoms with Crippen molar-refractivity contribution in [3.63, 3.8) is 0 Å². The molecule has 0 fully saturated rings. The van der Waals surface area contributed by atoms with E-state index in [1.165, 1.54) is 12.3 Å². The van der Waals surface area contributed by atoms with E-state index < -0.39 is 11.9 Å². The van der Waals surface area contributed by atoms with Crippen molar-refractivity contribution in [2.75, 3.05) is 0 Å². The zero-order valence-electron chi connectivity index (χ0n) is 7.58. The summed E-state index contributed by atoms with van der Waals surface area (Å²) in [7, 11) is 0. The minimum absolute atomic E-state index is 0.0834. The van der Waals surface area contributed by atoms with Crippen LogP contribution in [0.3, 0.4) is 0 Å². The van der Waals surface area contributed by atoms with Crippen molar-refractivity contribution in [3.8, 4) is 0 Å². The lowest BCUT2D eigenvalue weighted by Crippen LogP contribution is -2.14. The van der Waals surface area contributed by atoms with Crippen molar-refractivity contribution in [3.05, 3.63) is 33.2 Å². The average Bonchev–Trinajstić information content (AvgIpc) is 2.11. The third kappa shape index (κ3) is 2.60. The fourth-order valence-corrected chi connectivity index (χ4v) is 1.25. The standard InChI is InChI=1S/C9H10ClNO3/c1-5(9(13)14)2-6-3-7(10)8(12)11-4-6/h3-5H,2H2,1H3,(H,11,12)(H,13,14). The molecule has 1 aromatic rings. The molecule has 0 aliphatic rings. The molecule has 0 aliphatic carbocycles. The molecule has 5 heteroatoms. The summed E-state index contributed by atoms with van der Waals surface area (Å²) in [5.74, 6) is -1.36. The van der Waals surface area contributed by atoms with Gasteiger partial charge >= 0.3 is 5.97 Å². The number of aromatic amines is 1. The van der Waals surface area contributed by atoms with E-state index in [4.69, 9.17) is 16.7 Å². The summed E-state index contributed by atoms with van der Waals surface area (Å²) in [5.41, 5.74) is 0.350. The molecular weight excluding hydrogens is 206 g/mol. The van der Waals surface area contributed by atoms with Gasteiger partial charge in [0.1, 0.15) is 5.02 Å². The first-order valence-electron chi connectivity index (χ1n) is 4.10. The van der Waals surface area contributed by atoms with Gasteiger partial charge < -0.3 is 10.1 Å². The summed E-state index contributed by atoms with van der Waals surface area (Å²) in [5, 5.41) is 8.75. The van der Waals surface area contributed by atoms with E-state index in [-0.39, 0.29) is 10.6 Å². The van der Waals surface area contributed by atoms with E-state index in [1.54, 1.807) is 6.92 Å². The fraction of sp³-hybridized carbons (Fsp3) is 0.333. The topological polar surface area (TPSA) is 70.2 Å². The predicted octanol–water partition coefficient (Wildman–Crippen LogP) is 1.29. The van der Waals surface area contributed by atoms with E-state index in [2.05, 4.69) is 4.98 Å². The van der Waals surface area contributed by atoms with Crippen LogP contribution in [0.1, 0.15) is 12.5 Å². The Morgan fingerprint density at radius 3 is 2.86 bits per heavy atom. The zero-order valence-corrected chi connectivity index (χ0v) is 8.34. The molecule has 0 aliphatic heterocycles. The number of carboxylic acid groups (broad SMARTS) is 1. The largest absolute Gasteiger partial charge is 0.481 e. The second-order valence-corrected chi connectivity index (χ2v) is 3.54. The minimum Gasteiger partial charge on any atom is -0.481 e. The average molecular weight is 216 g/mol. The Labute approximate surface area is 85.5 Å². The van der Waals surface area contributed by atoms with Gasteiger partial charge in [0, 0.05) is 6.20 Å². The van der Waals surface area contributed by atoms with Gasteiger partial charge in [-0.05, 0) is 18.1 Å². The molecule has 1 rings (SSSR count). The Morgan fingerprint density at radius 2 is 2.36 bits per heavy atom. The Morgan fingerprint density at radius 1 is 1.71 bits per heavy atom. The third-order valence-electron chi connectivity index (χ3n) is 1.88. The van der Waals surface area contributed by atoms with Crippen LogP contribution in [0.5, 0.6) is 0 Å². The van der Waals surface area contributed by atoms with Gasteiger partial charge in [-0.1, -0.05) is 18.5 Å². The number of hydrogen-bond acceptors (Lipinski definition) is 2. The molecule has 0 saturated heterocycles. The highest BCUT2D eigenvalue weighted by molar-refractivity contribution is 6.30. The number of aliphatic carboxylic acids is 1. The van der Waals surface area contributed by atoms with Crippen molar-refractivity contribution in [1.29, 1.82) is 0 Å². The predicted molar refractivity (Wildman–Crippen MR) is 52.6 cm³/mol. The van der Waals surface area contributed by atoms with Crippen LogP contribution in [0.4, 0.5) is 0 Å². The Hall–Kier alpha value is -1.29. The van der Waals surface area contributed by atoms with E-state index >= 15 is 0 Å². The van der Waals surface area contributed by atoms with Crippen LogP contribution in [-0.2, 0) is 11.2 Å². The maximum atomic E-state index is 10.9. The summed E-state index contributed by atoms with van der Waals surface area (Å²) in [4.78, 5) is 23.9. The Bertz CT molecular complexity index is 399. The first kappa shape index (κ1) is 10.8. The second kappa shape index (κ2) is 4.28. The summed E-state index contributed by atoms with van der Waals surface area (Å²) < 4.78 is 0. The second-order valence-electron chi connectivity index (χ2n) is 3.13. The number of carbonyl (C=O) groups is 1. The number of nitrogens with one attached hydrogen (secondary N) is 1. The monoisotopic (exact) mass is 215 g/mol. The SMILES string of the molecule is CC(Cc1c[nH]c(=O)c(Cl)c1)C(=O)O. The lowest BCUT2D eigenvalue weighted by molar-refractivity contribution is -0.141. The van der Waals surface area contributed by atoms with Crippen LogP contribution in [0.15, 0.2) is 17.1 Å². The van der Waals surface area contributed by atoms with Crippen LogP contribution in [-0.4, -0.2) is 16.1 Å². The molecule has 1 heterocycles. The van der Waals surface area contributed by atoms with Gasteiger partial charge in [0.15, 0.2) is 0 Å². The highest BCUT2D eigenvalue weighted by Crippen LogP contribution is 2.10. The summed E-state index contributed by atoms with van der Waals surface area (Å²) in [6, 6.07) is 1.49. The summed E-state index contributed by atoms with van der Waals surface area (Å²) in [6.45, 7) is 1.60. The molecule has 0 spiro atoms. The van der Waals surface area contributed by atoms with Crippen molar-refractivity contribution in [1.82, 2.24) is 4.98 Å². The molecule has 0 aromatic carbocycles. The van der Waals surface area contributed by atoms with E-state index in [0.29, 0.717) is 12.0 Å². The van der Waals surface area contributed by atoms with Crippen LogP contribution in [0.25, 0.3) is 0 Å². The maximum absolute atomic E-state index is 10.9. The highest BCUT2D eigenvalue weighted by atomic mass is 35.5. The first-order chi connectivity index (χ1) is 6.50. The molecule has 4 nitrogen and oxygen atoms in total. The Balaban J connectivity index is 2.83. The van der Waals surface area contributed by atoms with Crippen LogP contribution in [0, 0.1) is 5.92 Å². The molecular formula is C9H10ClNO3. The van der Waals surface area contributed by atoms with E-state index in [9.17, 15) is 9.59 Å². The Kier molecular flexibility index (Phi) is 3.30. The number of carboxylic acids is 1. The van der Waals surface area contributed by atoms with E-state index in [0.717, 1.165) is 0 Å². The molecule has 14 heavy (non-hydrogen) atoms. The maximum Gasteiger partial charge on any atom is 0.306 e. The molecule has 0 saturated carbocycles. The van der Waals surface area contributed by atoms with Crippen molar-refractivity contribution >= 4 is 17.6 Å². The fourth-order valence-electron chi connectivity index (χ4n) is 1.06. The molecule has 1 unspecified atom stereocenters. The van der Waals surface area contributed by atoms with Gasteiger partial charge in [-0.2, -0.15) is 0 Å². The lowest BCUT2D eigenvalue weighted by atomic mass is 10.0. The van der Waals surface area contributed by atoms with Gasteiger partial charge in [0.2, 0.25) is 0 Å². The first-order valence-corrected chi connectivity index (χ1v) is 4.48. The minimum atomic E-state index is -0.868. The van der Waals surface area contributed by atoms with Crippen LogP contribution in [0.2, 0.25) is 5.02 Å². The number of H-pyrrole nitrogens is 1. The van der Waals surface area contributed by atoms with Crippen molar-refractivity contribution in [2.45, 2.75) is 13.3 Å². The number of pyridine rings is 1. The van der Waals surface area contributed by atoms with Gasteiger partial charge in [-0.15, -0.1) is 0 Å². The molecule has 0 radical (unpaired) electrons. The molecule has 2 N–H and O–H groups in total. The van der Waals surface area contributed by atoms with Gasteiger partial charge in [-0.25, -0.2) is 0 Å². The number of rotatable bonds is 3. The van der Waals surface area contributed by atoms with Gasteiger partial charge in [0.25, 0.3) is 5.56 Å². The zero-order chi connectivity index (χ0) is 10.7. The van der Waals surface area contributed by atoms with Crippen LogP contribution < -0.4 is 5.56 Å². The smallest absolute Gasteiger partial charge is 0.306 e. The normalized spacial score (nSPS) is 12.4. The summed E-state index contributed by atoms with van der Waals surface area (Å²) >= 11 is 5.59. The highest BCUT2D eigenvalue weighted by Gasteiger charge is 2.12. The number of aromatic nitrogens is 1. The molecule has 1 aromatic heterocycles. The quantitative estimate of drug-likeness (QED) is 0.798. The molecule has 0 amide bonds. The van der Waals surface area contributed by atoms with Gasteiger partial charge in [-0.3, -0.25) is 9.59 Å².